The molecule has 0 aromatic carbocycles. The number of likely N-dealkylation sites (tertiary alicyclic amines) is 1. The Bertz CT molecular complexity index is 277. The van der Waals surface area contributed by atoms with E-state index in [9.17, 15) is 8.78 Å². The van der Waals surface area contributed by atoms with Gasteiger partial charge >= 0.3 is 0 Å². The molecule has 0 bridgehead atoms. The van der Waals surface area contributed by atoms with Crippen molar-refractivity contribution < 1.29 is 8.78 Å². The van der Waals surface area contributed by atoms with Crippen molar-refractivity contribution in [1.29, 1.82) is 0 Å². The first-order valence-electron chi connectivity index (χ1n) is 6.99. The summed E-state index contributed by atoms with van der Waals surface area (Å²) in [7, 11) is 0. The summed E-state index contributed by atoms with van der Waals surface area (Å²) in [5, 5.41) is 3.34. The molecule has 3 rings (SSSR count). The number of fused-ring (bicyclic) bond motifs is 1. The fourth-order valence-electron chi connectivity index (χ4n) is 3.93. The normalized spacial score (nSPS) is 39.2. The number of nitrogens with zero attached hydrogens (tertiary/aromatic N) is 1. The number of hydrogen-bond acceptors (Lipinski definition) is 2. The molecule has 1 aliphatic carbocycles. The van der Waals surface area contributed by atoms with Crippen LogP contribution in [0.15, 0.2) is 0 Å². The van der Waals surface area contributed by atoms with Gasteiger partial charge in [0.2, 0.25) is 0 Å². The molecule has 17 heavy (non-hydrogen) atoms. The van der Waals surface area contributed by atoms with Gasteiger partial charge in [-0.05, 0) is 44.7 Å². The van der Waals surface area contributed by atoms with E-state index in [1.165, 1.54) is 0 Å². The van der Waals surface area contributed by atoms with E-state index in [1.807, 2.05) is 0 Å². The van der Waals surface area contributed by atoms with Crippen LogP contribution in [0.5, 0.6) is 0 Å². The fourth-order valence-corrected chi connectivity index (χ4v) is 3.93. The van der Waals surface area contributed by atoms with E-state index in [-0.39, 0.29) is 18.3 Å². The third kappa shape index (κ3) is 2.22. The van der Waals surface area contributed by atoms with Crippen molar-refractivity contribution in [1.82, 2.24) is 10.2 Å². The van der Waals surface area contributed by atoms with Gasteiger partial charge in [-0.2, -0.15) is 0 Å². The van der Waals surface area contributed by atoms with Gasteiger partial charge in [-0.15, -0.1) is 0 Å². The lowest BCUT2D eigenvalue weighted by atomic mass is 9.79. The highest BCUT2D eigenvalue weighted by Crippen LogP contribution is 2.46. The minimum Gasteiger partial charge on any atom is -0.317 e. The van der Waals surface area contributed by atoms with Crippen LogP contribution in [0.1, 0.15) is 32.1 Å². The van der Waals surface area contributed by atoms with Gasteiger partial charge < -0.3 is 5.32 Å². The molecule has 3 fully saturated rings. The summed E-state index contributed by atoms with van der Waals surface area (Å²) in [4.78, 5) is 2.36. The fraction of sp³-hybridized carbons (Fsp3) is 1.00. The van der Waals surface area contributed by atoms with Crippen molar-refractivity contribution in [3.8, 4) is 0 Å². The maximum atomic E-state index is 13.9. The Morgan fingerprint density at radius 2 is 1.82 bits per heavy atom. The monoisotopic (exact) mass is 244 g/mol. The summed E-state index contributed by atoms with van der Waals surface area (Å²) in [5.41, 5.74) is 0. The molecular weight excluding hydrogens is 222 g/mol. The largest absolute Gasteiger partial charge is 0.317 e. The molecule has 1 N–H and O–H groups in total. The van der Waals surface area contributed by atoms with Crippen LogP contribution < -0.4 is 5.32 Å². The SMILES string of the molecule is FC1(F)CCC[C@@H]2CN(C3CCNCC3)C[C@@H]21. The molecule has 2 aliphatic heterocycles. The first-order valence-corrected chi connectivity index (χ1v) is 6.99. The molecule has 0 aromatic heterocycles. The highest BCUT2D eigenvalue weighted by molar-refractivity contribution is 4.97. The van der Waals surface area contributed by atoms with Gasteiger partial charge in [0.25, 0.3) is 5.92 Å². The minimum atomic E-state index is -2.40. The zero-order valence-electron chi connectivity index (χ0n) is 10.3. The average molecular weight is 244 g/mol. The van der Waals surface area contributed by atoms with Gasteiger partial charge in [0.05, 0.1) is 0 Å². The smallest absolute Gasteiger partial charge is 0.252 e. The Hall–Kier alpha value is -0.220. The summed E-state index contributed by atoms with van der Waals surface area (Å²) in [6.45, 7) is 3.66. The molecule has 0 spiro atoms. The predicted molar refractivity (Wildman–Crippen MR) is 63.2 cm³/mol. The molecule has 2 nitrogen and oxygen atoms in total. The molecule has 0 aromatic rings. The van der Waals surface area contributed by atoms with Crippen LogP contribution in [0.3, 0.4) is 0 Å². The molecule has 3 aliphatic rings. The lowest BCUT2D eigenvalue weighted by molar-refractivity contribution is -0.0950. The van der Waals surface area contributed by atoms with E-state index >= 15 is 0 Å². The van der Waals surface area contributed by atoms with Crippen molar-refractivity contribution in [2.75, 3.05) is 26.2 Å². The number of rotatable bonds is 1. The first kappa shape index (κ1) is 11.8. The minimum absolute atomic E-state index is 0.119. The van der Waals surface area contributed by atoms with Crippen molar-refractivity contribution in [2.24, 2.45) is 11.8 Å². The van der Waals surface area contributed by atoms with E-state index < -0.39 is 5.92 Å². The molecule has 2 heterocycles. The summed E-state index contributed by atoms with van der Waals surface area (Å²) < 4.78 is 27.7. The Balaban J connectivity index is 1.67. The quantitative estimate of drug-likeness (QED) is 0.760. The highest BCUT2D eigenvalue weighted by Gasteiger charge is 2.51. The number of halogens is 2. The third-order valence-electron chi connectivity index (χ3n) is 4.92. The van der Waals surface area contributed by atoms with Crippen LogP contribution >= 0.6 is 0 Å². The van der Waals surface area contributed by atoms with Crippen LogP contribution in [0.2, 0.25) is 0 Å². The van der Waals surface area contributed by atoms with Crippen molar-refractivity contribution >= 4 is 0 Å². The molecule has 98 valence electrons. The molecule has 0 amide bonds. The maximum Gasteiger partial charge on any atom is 0.252 e. The third-order valence-corrected chi connectivity index (χ3v) is 4.92. The molecule has 2 atom stereocenters. The zero-order valence-corrected chi connectivity index (χ0v) is 10.3. The predicted octanol–water partition coefficient (Wildman–Crippen LogP) is 2.11. The van der Waals surface area contributed by atoms with Crippen LogP contribution in [-0.4, -0.2) is 43.0 Å². The van der Waals surface area contributed by atoms with Gasteiger partial charge in [-0.3, -0.25) is 4.90 Å². The number of piperidine rings is 1. The van der Waals surface area contributed by atoms with E-state index in [4.69, 9.17) is 0 Å². The first-order chi connectivity index (χ1) is 8.17. The molecule has 1 saturated carbocycles. The molecule has 0 radical (unpaired) electrons. The van der Waals surface area contributed by atoms with Gasteiger partial charge in [0.1, 0.15) is 0 Å². The maximum absolute atomic E-state index is 13.9. The van der Waals surface area contributed by atoms with E-state index in [0.717, 1.165) is 38.9 Å². The summed E-state index contributed by atoms with van der Waals surface area (Å²) in [6, 6.07) is 0.553. The lowest BCUT2D eigenvalue weighted by Gasteiger charge is -2.33. The van der Waals surface area contributed by atoms with Gasteiger partial charge in [0.15, 0.2) is 0 Å². The zero-order chi connectivity index (χ0) is 11.9. The number of nitrogens with one attached hydrogen (secondary N) is 1. The van der Waals surface area contributed by atoms with Crippen LogP contribution in [-0.2, 0) is 0 Å². The van der Waals surface area contributed by atoms with Gasteiger partial charge in [-0.1, -0.05) is 0 Å². The van der Waals surface area contributed by atoms with E-state index in [0.29, 0.717) is 19.0 Å². The van der Waals surface area contributed by atoms with Crippen LogP contribution in [0.4, 0.5) is 8.78 Å². The van der Waals surface area contributed by atoms with Gasteiger partial charge in [0, 0.05) is 31.5 Å². The summed E-state index contributed by atoms with van der Waals surface area (Å²) >= 11 is 0. The van der Waals surface area contributed by atoms with Crippen LogP contribution in [0.25, 0.3) is 0 Å². The Morgan fingerprint density at radius 1 is 1.06 bits per heavy atom. The van der Waals surface area contributed by atoms with Crippen LogP contribution in [0, 0.1) is 11.8 Å². The topological polar surface area (TPSA) is 15.3 Å². The van der Waals surface area contributed by atoms with E-state index in [2.05, 4.69) is 10.2 Å². The van der Waals surface area contributed by atoms with E-state index in [1.54, 1.807) is 0 Å². The second-order valence-electron chi connectivity index (χ2n) is 5.95. The highest BCUT2D eigenvalue weighted by atomic mass is 19.3. The Morgan fingerprint density at radius 3 is 2.53 bits per heavy atom. The molecule has 2 saturated heterocycles. The molecular formula is C13H22F2N2. The summed E-state index contributed by atoms with van der Waals surface area (Å²) in [6.07, 6.45) is 4.11. The number of alkyl halides is 2. The average Bonchev–Trinajstić information content (AvgIpc) is 2.75. The second kappa shape index (κ2) is 4.47. The van der Waals surface area contributed by atoms with Crippen molar-refractivity contribution in [2.45, 2.75) is 44.1 Å². The van der Waals surface area contributed by atoms with Crippen molar-refractivity contribution in [3.63, 3.8) is 0 Å². The Kier molecular flexibility index (Phi) is 3.11. The second-order valence-corrected chi connectivity index (χ2v) is 5.95. The van der Waals surface area contributed by atoms with Gasteiger partial charge in [-0.25, -0.2) is 8.78 Å². The Labute approximate surface area is 102 Å². The summed E-state index contributed by atoms with van der Waals surface area (Å²) in [5.74, 6) is -2.50. The molecule has 0 unspecified atom stereocenters. The standard InChI is InChI=1S/C13H22F2N2/c14-13(15)5-1-2-10-8-17(9-12(10)13)11-3-6-16-7-4-11/h10-12,16H,1-9H2/t10-,12+/m1/s1. The number of hydrogen-bond donors (Lipinski definition) is 1. The lowest BCUT2D eigenvalue weighted by Crippen LogP contribution is -2.43. The van der Waals surface area contributed by atoms with Crippen molar-refractivity contribution in [3.05, 3.63) is 0 Å². The molecule has 4 heteroatoms.